The second-order valence-electron chi connectivity index (χ2n) is 6.06. The van der Waals surface area contributed by atoms with Gasteiger partial charge in [0.15, 0.2) is 4.80 Å². The SMILES string of the molecule is CSCCn1c(=NC(=O)CCSc2ccc(C)cc2)sc2cc(F)ccc21. The van der Waals surface area contributed by atoms with E-state index in [4.69, 9.17) is 0 Å². The second-order valence-corrected chi connectivity index (χ2v) is 9.22. The van der Waals surface area contributed by atoms with Gasteiger partial charge in [0.1, 0.15) is 5.82 Å². The largest absolute Gasteiger partial charge is 0.316 e. The van der Waals surface area contributed by atoms with Crippen LogP contribution >= 0.6 is 34.9 Å². The summed E-state index contributed by atoms with van der Waals surface area (Å²) in [6.07, 6.45) is 2.42. The molecule has 0 spiro atoms. The number of aromatic nitrogens is 1. The first-order valence-electron chi connectivity index (χ1n) is 8.61. The third-order valence-corrected chi connectivity index (χ3v) is 6.64. The summed E-state index contributed by atoms with van der Waals surface area (Å²) >= 11 is 4.76. The highest BCUT2D eigenvalue weighted by Gasteiger charge is 2.09. The minimum Gasteiger partial charge on any atom is -0.316 e. The molecule has 0 saturated heterocycles. The number of aryl methyl sites for hydroxylation is 2. The topological polar surface area (TPSA) is 34.4 Å². The first kappa shape index (κ1) is 20.2. The van der Waals surface area contributed by atoms with Gasteiger partial charge in [-0.05, 0) is 43.5 Å². The quantitative estimate of drug-likeness (QED) is 0.497. The van der Waals surface area contributed by atoms with Crippen molar-refractivity contribution in [3.8, 4) is 0 Å². The molecule has 142 valence electrons. The summed E-state index contributed by atoms with van der Waals surface area (Å²) in [5, 5.41) is 0. The minimum absolute atomic E-state index is 0.139. The van der Waals surface area contributed by atoms with Gasteiger partial charge >= 0.3 is 0 Å². The second kappa shape index (κ2) is 9.57. The molecule has 2 aromatic carbocycles. The first-order chi connectivity index (χ1) is 13.1. The van der Waals surface area contributed by atoms with E-state index in [1.165, 1.54) is 29.0 Å². The molecule has 0 radical (unpaired) electrons. The molecule has 0 N–H and O–H groups in total. The molecule has 3 rings (SSSR count). The maximum absolute atomic E-state index is 13.5. The highest BCUT2D eigenvalue weighted by atomic mass is 32.2. The predicted octanol–water partition coefficient (Wildman–Crippen LogP) is 5.12. The van der Waals surface area contributed by atoms with Crippen LogP contribution in [-0.4, -0.2) is 28.2 Å². The van der Waals surface area contributed by atoms with Gasteiger partial charge in [0.05, 0.1) is 10.2 Å². The molecule has 0 aliphatic rings. The van der Waals surface area contributed by atoms with E-state index in [0.717, 1.165) is 27.4 Å². The Bertz CT molecular complexity index is 993. The van der Waals surface area contributed by atoms with Crippen molar-refractivity contribution < 1.29 is 9.18 Å². The fraction of sp³-hybridized carbons (Fsp3) is 0.300. The molecule has 0 bridgehead atoms. The van der Waals surface area contributed by atoms with Crippen LogP contribution in [0.5, 0.6) is 0 Å². The van der Waals surface area contributed by atoms with Crippen LogP contribution in [0.25, 0.3) is 10.2 Å². The lowest BCUT2D eigenvalue weighted by atomic mass is 10.2. The van der Waals surface area contributed by atoms with E-state index in [2.05, 4.69) is 36.2 Å². The van der Waals surface area contributed by atoms with Crippen LogP contribution in [0.3, 0.4) is 0 Å². The zero-order valence-electron chi connectivity index (χ0n) is 15.3. The Morgan fingerprint density at radius 3 is 2.70 bits per heavy atom. The maximum Gasteiger partial charge on any atom is 0.249 e. The lowest BCUT2D eigenvalue weighted by Crippen LogP contribution is -2.18. The summed E-state index contributed by atoms with van der Waals surface area (Å²) in [6, 6.07) is 13.0. The van der Waals surface area contributed by atoms with Crippen molar-refractivity contribution >= 4 is 51.0 Å². The highest BCUT2D eigenvalue weighted by Crippen LogP contribution is 2.20. The Morgan fingerprint density at radius 1 is 1.19 bits per heavy atom. The standard InChI is InChI=1S/C20H21FN2OS3/c1-14-3-6-16(7-4-14)26-11-9-19(24)22-20-23(10-12-25-2)17-8-5-15(21)13-18(17)27-20/h3-8,13H,9-12H2,1-2H3. The third kappa shape index (κ3) is 5.46. The fourth-order valence-corrected chi connectivity index (χ4v) is 4.89. The first-order valence-corrected chi connectivity index (χ1v) is 11.8. The van der Waals surface area contributed by atoms with E-state index >= 15 is 0 Å². The summed E-state index contributed by atoms with van der Waals surface area (Å²) in [6.45, 7) is 2.80. The van der Waals surface area contributed by atoms with Gasteiger partial charge in [-0.15, -0.1) is 11.8 Å². The number of hydrogen-bond donors (Lipinski definition) is 0. The number of halogens is 1. The van der Waals surface area contributed by atoms with E-state index in [0.29, 0.717) is 17.0 Å². The third-order valence-electron chi connectivity index (χ3n) is 3.99. The number of thioether (sulfide) groups is 2. The number of carbonyl (C=O) groups excluding carboxylic acids is 1. The van der Waals surface area contributed by atoms with E-state index in [1.54, 1.807) is 29.6 Å². The Hall–Kier alpha value is -1.57. The monoisotopic (exact) mass is 420 g/mol. The molecule has 3 nitrogen and oxygen atoms in total. The number of hydrogen-bond acceptors (Lipinski definition) is 4. The number of amides is 1. The van der Waals surface area contributed by atoms with Gasteiger partial charge in [-0.3, -0.25) is 4.79 Å². The van der Waals surface area contributed by atoms with Crippen molar-refractivity contribution in [2.75, 3.05) is 17.8 Å². The zero-order chi connectivity index (χ0) is 19.2. The molecule has 0 aliphatic heterocycles. The summed E-state index contributed by atoms with van der Waals surface area (Å²) in [4.78, 5) is 18.5. The van der Waals surface area contributed by atoms with Crippen molar-refractivity contribution in [3.05, 3.63) is 58.6 Å². The number of rotatable bonds is 7. The molecule has 0 fully saturated rings. The Kier molecular flexibility index (Phi) is 7.15. The maximum atomic E-state index is 13.5. The molecule has 1 heterocycles. The van der Waals surface area contributed by atoms with Gasteiger partial charge in [0.2, 0.25) is 5.91 Å². The Labute approximate surface area is 170 Å². The van der Waals surface area contributed by atoms with Gasteiger partial charge in [-0.25, -0.2) is 4.39 Å². The van der Waals surface area contributed by atoms with E-state index in [1.807, 2.05) is 10.8 Å². The van der Waals surface area contributed by atoms with Gasteiger partial charge in [0, 0.05) is 29.4 Å². The van der Waals surface area contributed by atoms with Crippen LogP contribution in [0.2, 0.25) is 0 Å². The normalized spacial score (nSPS) is 12.0. The highest BCUT2D eigenvalue weighted by molar-refractivity contribution is 7.99. The van der Waals surface area contributed by atoms with Crippen molar-refractivity contribution in [2.24, 2.45) is 4.99 Å². The smallest absolute Gasteiger partial charge is 0.249 e. The lowest BCUT2D eigenvalue weighted by Gasteiger charge is -2.03. The zero-order valence-corrected chi connectivity index (χ0v) is 17.7. The predicted molar refractivity (Wildman–Crippen MR) is 115 cm³/mol. The van der Waals surface area contributed by atoms with Crippen LogP contribution in [0, 0.1) is 12.7 Å². The number of nitrogens with zero attached hydrogens (tertiary/aromatic N) is 2. The van der Waals surface area contributed by atoms with Gasteiger partial charge in [0.25, 0.3) is 0 Å². The summed E-state index contributed by atoms with van der Waals surface area (Å²) in [5.74, 6) is 1.19. The molecule has 1 amide bonds. The minimum atomic E-state index is -0.270. The Balaban J connectivity index is 1.75. The molecule has 3 aromatic rings. The average Bonchev–Trinajstić information content (AvgIpc) is 2.97. The van der Waals surface area contributed by atoms with E-state index in [-0.39, 0.29) is 11.7 Å². The molecule has 7 heteroatoms. The average molecular weight is 421 g/mol. The molecule has 0 saturated carbocycles. The van der Waals surface area contributed by atoms with Crippen LogP contribution in [-0.2, 0) is 11.3 Å². The summed E-state index contributed by atoms with van der Waals surface area (Å²) in [7, 11) is 0. The molecule has 1 aromatic heterocycles. The van der Waals surface area contributed by atoms with Crippen LogP contribution < -0.4 is 4.80 Å². The van der Waals surface area contributed by atoms with Crippen LogP contribution in [0.15, 0.2) is 52.4 Å². The number of fused-ring (bicyclic) bond motifs is 1. The van der Waals surface area contributed by atoms with E-state index in [9.17, 15) is 9.18 Å². The van der Waals surface area contributed by atoms with Crippen LogP contribution in [0.1, 0.15) is 12.0 Å². The van der Waals surface area contributed by atoms with Crippen molar-refractivity contribution in [2.45, 2.75) is 24.8 Å². The molecule has 27 heavy (non-hydrogen) atoms. The van der Waals surface area contributed by atoms with Crippen molar-refractivity contribution in [1.82, 2.24) is 4.57 Å². The van der Waals surface area contributed by atoms with Crippen LogP contribution in [0.4, 0.5) is 4.39 Å². The summed E-state index contributed by atoms with van der Waals surface area (Å²) < 4.78 is 16.4. The number of carbonyl (C=O) groups is 1. The van der Waals surface area contributed by atoms with Gasteiger partial charge in [-0.1, -0.05) is 29.0 Å². The molecule has 0 atom stereocenters. The Morgan fingerprint density at radius 2 is 1.96 bits per heavy atom. The van der Waals surface area contributed by atoms with Gasteiger partial charge < -0.3 is 4.57 Å². The van der Waals surface area contributed by atoms with E-state index < -0.39 is 0 Å². The van der Waals surface area contributed by atoms with Gasteiger partial charge in [-0.2, -0.15) is 16.8 Å². The molecule has 0 aliphatic carbocycles. The van der Waals surface area contributed by atoms with Crippen molar-refractivity contribution in [3.63, 3.8) is 0 Å². The summed E-state index contributed by atoms with van der Waals surface area (Å²) in [5.41, 5.74) is 2.15. The molecular formula is C20H21FN2OS3. The molecular weight excluding hydrogens is 399 g/mol. The fourth-order valence-electron chi connectivity index (χ4n) is 2.58. The lowest BCUT2D eigenvalue weighted by molar-refractivity contribution is -0.117. The van der Waals surface area contributed by atoms with Crippen molar-refractivity contribution in [1.29, 1.82) is 0 Å². The molecule has 0 unspecified atom stereocenters. The number of thiazole rings is 1. The number of benzene rings is 2.